The van der Waals surface area contributed by atoms with Crippen molar-refractivity contribution in [3.63, 3.8) is 0 Å². The van der Waals surface area contributed by atoms with Gasteiger partial charge in [0.1, 0.15) is 11.6 Å². The molecule has 0 aliphatic carbocycles. The Labute approximate surface area is 269 Å². The molecule has 7 aromatic rings. The van der Waals surface area contributed by atoms with Gasteiger partial charge in [0.25, 0.3) is 0 Å². The summed E-state index contributed by atoms with van der Waals surface area (Å²) in [6.45, 7) is 5.12. The Morgan fingerprint density at radius 1 is 0.733 bits per heavy atom. The van der Waals surface area contributed by atoms with Crippen molar-refractivity contribution >= 4 is 21.8 Å². The van der Waals surface area contributed by atoms with Crippen LogP contribution in [0.5, 0.6) is 11.5 Å². The topological polar surface area (TPSA) is 44.9 Å². The molecule has 0 saturated heterocycles. The second-order valence-corrected chi connectivity index (χ2v) is 10.4. The number of nitrogens with zero attached hydrogens (tertiary/aromatic N) is 4. The Bertz CT molecular complexity index is 2260. The molecule has 0 aliphatic rings. The van der Waals surface area contributed by atoms with Gasteiger partial charge < -0.3 is 9.30 Å². The maximum Gasteiger partial charge on any atom is 2.00 e. The molecule has 3 heterocycles. The van der Waals surface area contributed by atoms with E-state index in [1.54, 1.807) is 31.3 Å². The van der Waals surface area contributed by atoms with E-state index in [0.717, 1.165) is 33.2 Å². The predicted molar refractivity (Wildman–Crippen MR) is 159 cm³/mol. The quantitative estimate of drug-likeness (QED) is 0.0594. The van der Waals surface area contributed by atoms with Gasteiger partial charge in [0, 0.05) is 40.5 Å². The van der Waals surface area contributed by atoms with Crippen molar-refractivity contribution in [3.05, 3.63) is 131 Å². The first-order valence-corrected chi connectivity index (χ1v) is 13.7. The van der Waals surface area contributed by atoms with Crippen molar-refractivity contribution in [3.8, 4) is 34.1 Å². The minimum Gasteiger partial charge on any atom is -0.509 e. The smallest absolute Gasteiger partial charge is 0.509 e. The molecule has 0 radical (unpaired) electrons. The Kier molecular flexibility index (Phi) is 7.81. The first kappa shape index (κ1) is 30.3. The molecule has 226 valence electrons. The molecule has 4 aromatic carbocycles. The first-order valence-electron chi connectivity index (χ1n) is 13.7. The first-order chi connectivity index (χ1) is 21.2. The Hall–Kier alpha value is -4.78. The summed E-state index contributed by atoms with van der Waals surface area (Å²) < 4.78 is 66.6. The molecule has 0 saturated carbocycles. The molecule has 0 unspecified atom stereocenters. The van der Waals surface area contributed by atoms with Crippen molar-refractivity contribution in [1.82, 2.24) is 19.3 Å². The van der Waals surface area contributed by atoms with E-state index in [1.807, 2.05) is 54.0 Å². The third kappa shape index (κ3) is 5.10. The van der Waals surface area contributed by atoms with E-state index in [4.69, 9.17) is 4.74 Å². The normalized spacial score (nSPS) is 11.3. The van der Waals surface area contributed by atoms with Gasteiger partial charge in [-0.15, -0.1) is 35.7 Å². The molecular formula is C35H22F4N4OPd. The van der Waals surface area contributed by atoms with E-state index >= 15 is 0 Å². The largest absolute Gasteiger partial charge is 2.00 e. The van der Waals surface area contributed by atoms with Crippen LogP contribution in [-0.2, 0) is 20.4 Å². The second-order valence-electron chi connectivity index (χ2n) is 10.4. The van der Waals surface area contributed by atoms with Gasteiger partial charge in [0.2, 0.25) is 0 Å². The number of hydrogen-bond acceptors (Lipinski definition) is 3. The number of fused-ring (bicyclic) bond motifs is 3. The van der Waals surface area contributed by atoms with Crippen molar-refractivity contribution < 1.29 is 42.7 Å². The molecule has 0 fully saturated rings. The number of benzene rings is 4. The fourth-order valence-corrected chi connectivity index (χ4v) is 5.59. The van der Waals surface area contributed by atoms with Crippen molar-refractivity contribution in [2.24, 2.45) is 0 Å². The second kappa shape index (κ2) is 11.6. The molecule has 0 bridgehead atoms. The van der Waals surface area contributed by atoms with Crippen molar-refractivity contribution in [2.75, 3.05) is 0 Å². The van der Waals surface area contributed by atoms with Crippen molar-refractivity contribution in [1.29, 1.82) is 0 Å². The number of halogens is 4. The molecule has 5 nitrogen and oxygen atoms in total. The Morgan fingerprint density at radius 3 is 2.31 bits per heavy atom. The molecule has 10 heteroatoms. The van der Waals surface area contributed by atoms with Crippen LogP contribution in [0.3, 0.4) is 0 Å². The number of aromatic nitrogens is 4. The van der Waals surface area contributed by atoms with Crippen LogP contribution in [0, 0.1) is 56.2 Å². The third-order valence-corrected chi connectivity index (χ3v) is 7.54. The summed E-state index contributed by atoms with van der Waals surface area (Å²) in [4.78, 5) is 4.60. The van der Waals surface area contributed by atoms with Crippen LogP contribution in [0.1, 0.15) is 17.0 Å². The van der Waals surface area contributed by atoms with E-state index < -0.39 is 28.8 Å². The Balaban J connectivity index is 0.00000357. The number of para-hydroxylation sites is 1. The average molecular weight is 697 g/mol. The van der Waals surface area contributed by atoms with Gasteiger partial charge in [-0.05, 0) is 55.6 Å². The third-order valence-electron chi connectivity index (χ3n) is 7.54. The number of aryl methyl sites for hydroxylation is 2. The summed E-state index contributed by atoms with van der Waals surface area (Å²) in [6, 6.07) is 27.8. The molecule has 0 atom stereocenters. The number of ether oxygens (including phenoxy) is 1. The molecule has 3 aromatic heterocycles. The summed E-state index contributed by atoms with van der Waals surface area (Å²) in [7, 11) is 0. The van der Waals surface area contributed by atoms with Crippen LogP contribution in [-0.4, -0.2) is 19.3 Å². The van der Waals surface area contributed by atoms with Gasteiger partial charge in [0.05, 0.1) is 11.3 Å². The van der Waals surface area contributed by atoms with Crippen LogP contribution < -0.4 is 4.74 Å². The van der Waals surface area contributed by atoms with Crippen LogP contribution in [0.4, 0.5) is 17.6 Å². The van der Waals surface area contributed by atoms with E-state index in [9.17, 15) is 17.6 Å². The number of hydrogen-bond donors (Lipinski definition) is 0. The summed E-state index contributed by atoms with van der Waals surface area (Å²) in [5, 5.41) is 6.46. The minimum atomic E-state index is -1.75. The molecule has 0 spiro atoms. The standard InChI is InChI=1S/C35H22F4N4O.Pd/c1-19-13-14-40-31(15-19)42-29-10-5-4-9-25(29)26-12-11-24(17-30(26)42)44-23-8-6-7-22(16-23)43-21(3)32(20(2)41-43)33-27(36)18-28(37)34(38)35(33)39;/h4-15,18H,1-3H3;/q-2;+2. The fourth-order valence-electron chi connectivity index (χ4n) is 5.59. The van der Waals surface area contributed by atoms with Crippen LogP contribution >= 0.6 is 0 Å². The predicted octanol–water partition coefficient (Wildman–Crippen LogP) is 8.90. The minimum absolute atomic E-state index is 0. The maximum absolute atomic E-state index is 14.7. The summed E-state index contributed by atoms with van der Waals surface area (Å²) in [5.41, 5.74) is 3.13. The molecule has 45 heavy (non-hydrogen) atoms. The molecule has 0 N–H and O–H groups in total. The van der Waals surface area contributed by atoms with E-state index in [-0.39, 0.29) is 31.7 Å². The van der Waals surface area contributed by atoms with Gasteiger partial charge in [-0.1, -0.05) is 23.7 Å². The van der Waals surface area contributed by atoms with Gasteiger partial charge >= 0.3 is 20.4 Å². The van der Waals surface area contributed by atoms with Crippen LogP contribution in [0.25, 0.3) is 44.4 Å². The molecule has 0 aliphatic heterocycles. The van der Waals surface area contributed by atoms with E-state index in [0.29, 0.717) is 28.9 Å². The average Bonchev–Trinajstić information content (AvgIpc) is 3.49. The van der Waals surface area contributed by atoms with E-state index in [2.05, 4.69) is 28.3 Å². The van der Waals surface area contributed by atoms with Gasteiger partial charge in [-0.25, -0.2) is 22.5 Å². The Morgan fingerprint density at radius 2 is 1.51 bits per heavy atom. The number of rotatable bonds is 5. The van der Waals surface area contributed by atoms with Gasteiger partial charge in [0.15, 0.2) is 17.5 Å². The molecule has 7 rings (SSSR count). The number of pyridine rings is 1. The van der Waals surface area contributed by atoms with Crippen LogP contribution in [0.15, 0.2) is 79.0 Å². The fraction of sp³-hybridized carbons (Fsp3) is 0.0857. The zero-order valence-electron chi connectivity index (χ0n) is 24.0. The monoisotopic (exact) mass is 696 g/mol. The SMILES string of the molecule is Cc1ccnc(-n2c3[c-]c(Oc4[c-]c(-n5nc(C)c(-c6c(F)cc(F)c(F)c6F)c5C)ccc4)ccc3c3ccccc32)c1.[Pd+2]. The zero-order valence-corrected chi connectivity index (χ0v) is 25.6. The maximum atomic E-state index is 14.7. The van der Waals surface area contributed by atoms with Crippen LogP contribution in [0.2, 0.25) is 0 Å². The van der Waals surface area contributed by atoms with Gasteiger partial charge in [-0.3, -0.25) is 4.68 Å². The zero-order chi connectivity index (χ0) is 30.7. The summed E-state index contributed by atoms with van der Waals surface area (Å²) in [5.74, 6) is -4.66. The van der Waals surface area contributed by atoms with Gasteiger partial charge in [-0.2, -0.15) is 17.2 Å². The van der Waals surface area contributed by atoms with Crippen molar-refractivity contribution in [2.45, 2.75) is 20.8 Å². The van der Waals surface area contributed by atoms with E-state index in [1.165, 1.54) is 11.6 Å². The summed E-state index contributed by atoms with van der Waals surface area (Å²) in [6.07, 6.45) is 1.77. The summed E-state index contributed by atoms with van der Waals surface area (Å²) >= 11 is 0. The molecular weight excluding hydrogens is 675 g/mol. The molecule has 0 amide bonds.